The van der Waals surface area contributed by atoms with E-state index in [0.717, 1.165) is 0 Å². The molecule has 6 heteroatoms. The number of hydrogen-bond acceptors (Lipinski definition) is 3. The molecule has 0 spiro atoms. The van der Waals surface area contributed by atoms with Crippen LogP contribution in [0, 0.1) is 5.92 Å². The number of aliphatic hydroxyl groups is 1. The standard InChI is InChI=1S/C7H10B2O4/c1-3-4(8)2-7(12,6(10)11)13-5(3)9/h3-5,12H,2H2,1H3,(H,10,11). The molecule has 4 atom stereocenters. The van der Waals surface area contributed by atoms with Gasteiger partial charge in [0, 0.05) is 12.4 Å². The highest BCUT2D eigenvalue weighted by atomic mass is 16.7. The number of hydrogen-bond donors (Lipinski definition) is 2. The number of rotatable bonds is 1. The first-order valence-corrected chi connectivity index (χ1v) is 4.01. The Bertz CT molecular complexity index is 209. The molecule has 0 amide bonds. The van der Waals surface area contributed by atoms with Crippen LogP contribution in [-0.2, 0) is 9.53 Å². The van der Waals surface area contributed by atoms with Crippen molar-refractivity contribution in [1.29, 1.82) is 0 Å². The lowest BCUT2D eigenvalue weighted by molar-refractivity contribution is -0.250. The summed E-state index contributed by atoms with van der Waals surface area (Å²) in [5, 5.41) is 18.1. The molecule has 0 bridgehead atoms. The second-order valence-corrected chi connectivity index (χ2v) is 3.40. The van der Waals surface area contributed by atoms with Gasteiger partial charge >= 0.3 is 5.97 Å². The SMILES string of the molecule is [B]C1CC(O)(C(=O)O)OC([B])C1C. The molecule has 1 heterocycles. The number of aliphatic carboxylic acids is 1. The summed E-state index contributed by atoms with van der Waals surface area (Å²) in [5.74, 6) is -4.32. The Labute approximate surface area is 79.1 Å². The van der Waals surface area contributed by atoms with Gasteiger partial charge < -0.3 is 14.9 Å². The smallest absolute Gasteiger partial charge is 0.364 e. The first kappa shape index (κ1) is 10.6. The predicted molar refractivity (Wildman–Crippen MR) is 46.5 cm³/mol. The number of ether oxygens (including phenoxy) is 1. The van der Waals surface area contributed by atoms with Gasteiger partial charge in [-0.25, -0.2) is 4.79 Å². The van der Waals surface area contributed by atoms with Gasteiger partial charge in [-0.05, 0) is 5.92 Å². The van der Waals surface area contributed by atoms with Crippen LogP contribution in [-0.4, -0.2) is 43.7 Å². The summed E-state index contributed by atoms with van der Waals surface area (Å²) < 4.78 is 4.77. The Balaban J connectivity index is 2.79. The third-order valence-corrected chi connectivity index (χ3v) is 2.37. The second kappa shape index (κ2) is 3.35. The van der Waals surface area contributed by atoms with E-state index in [1.807, 2.05) is 0 Å². The zero-order valence-corrected chi connectivity index (χ0v) is 7.30. The van der Waals surface area contributed by atoms with E-state index in [0.29, 0.717) is 0 Å². The van der Waals surface area contributed by atoms with E-state index in [-0.39, 0.29) is 12.3 Å². The van der Waals surface area contributed by atoms with Crippen LogP contribution in [0.5, 0.6) is 0 Å². The molecule has 1 rings (SSSR count). The van der Waals surface area contributed by atoms with Crippen molar-refractivity contribution in [3.05, 3.63) is 0 Å². The summed E-state index contributed by atoms with van der Waals surface area (Å²) in [6.07, 6.45) is -0.142. The monoisotopic (exact) mass is 180 g/mol. The molecule has 0 aromatic carbocycles. The Morgan fingerprint density at radius 3 is 2.54 bits per heavy atom. The van der Waals surface area contributed by atoms with Gasteiger partial charge in [0.05, 0.1) is 7.85 Å². The van der Waals surface area contributed by atoms with Crippen LogP contribution >= 0.6 is 0 Å². The molecule has 2 N–H and O–H groups in total. The fourth-order valence-corrected chi connectivity index (χ4v) is 1.27. The van der Waals surface area contributed by atoms with Crippen LogP contribution in [0.4, 0.5) is 0 Å². The van der Waals surface area contributed by atoms with E-state index in [1.165, 1.54) is 0 Å². The third kappa shape index (κ3) is 1.89. The quantitative estimate of drug-likeness (QED) is 0.521. The van der Waals surface area contributed by atoms with Gasteiger partial charge in [0.15, 0.2) is 0 Å². The Morgan fingerprint density at radius 1 is 1.62 bits per heavy atom. The average molecular weight is 180 g/mol. The summed E-state index contributed by atoms with van der Waals surface area (Å²) in [7, 11) is 11.1. The molecule has 0 aromatic rings. The maximum atomic E-state index is 10.6. The molecule has 1 aliphatic rings. The largest absolute Gasteiger partial charge is 0.477 e. The van der Waals surface area contributed by atoms with Crippen LogP contribution in [0.2, 0.25) is 5.82 Å². The summed E-state index contributed by atoms with van der Waals surface area (Å²) in [6.45, 7) is 1.75. The van der Waals surface area contributed by atoms with E-state index >= 15 is 0 Å². The minimum Gasteiger partial charge on any atom is -0.477 e. The second-order valence-electron chi connectivity index (χ2n) is 3.40. The Hall–Kier alpha value is -0.480. The molecular weight excluding hydrogens is 170 g/mol. The van der Waals surface area contributed by atoms with Crippen LogP contribution in [0.3, 0.4) is 0 Å². The fourth-order valence-electron chi connectivity index (χ4n) is 1.27. The van der Waals surface area contributed by atoms with Crippen molar-refractivity contribution in [1.82, 2.24) is 0 Å². The fraction of sp³-hybridized carbons (Fsp3) is 0.857. The summed E-state index contributed by atoms with van der Waals surface area (Å²) in [6, 6.07) is -0.843. The lowest BCUT2D eigenvalue weighted by atomic mass is 9.65. The van der Waals surface area contributed by atoms with Gasteiger partial charge in [0.25, 0.3) is 5.79 Å². The average Bonchev–Trinajstić information content (AvgIpc) is 2.00. The summed E-state index contributed by atoms with van der Waals surface area (Å²) >= 11 is 0. The van der Waals surface area contributed by atoms with Crippen molar-refractivity contribution in [2.24, 2.45) is 5.92 Å². The number of carboxylic acids is 1. The maximum absolute atomic E-state index is 10.6. The Morgan fingerprint density at radius 2 is 2.15 bits per heavy atom. The van der Waals surface area contributed by atoms with E-state index in [1.54, 1.807) is 6.92 Å². The van der Waals surface area contributed by atoms with Crippen molar-refractivity contribution < 1.29 is 19.7 Å². The molecule has 4 nitrogen and oxygen atoms in total. The summed E-state index contributed by atoms with van der Waals surface area (Å²) in [4.78, 5) is 10.6. The molecular formula is C7H10B2O4. The van der Waals surface area contributed by atoms with Crippen LogP contribution < -0.4 is 0 Å². The molecule has 68 valence electrons. The van der Waals surface area contributed by atoms with Gasteiger partial charge in [-0.3, -0.25) is 0 Å². The maximum Gasteiger partial charge on any atom is 0.364 e. The van der Waals surface area contributed by atoms with Gasteiger partial charge in [-0.2, -0.15) is 0 Å². The highest BCUT2D eigenvalue weighted by molar-refractivity contribution is 6.15. The zero-order valence-electron chi connectivity index (χ0n) is 7.30. The highest BCUT2D eigenvalue weighted by Gasteiger charge is 2.46. The third-order valence-electron chi connectivity index (χ3n) is 2.37. The molecule has 4 radical (unpaired) electrons. The minimum atomic E-state index is -2.23. The van der Waals surface area contributed by atoms with Crippen molar-refractivity contribution in [3.63, 3.8) is 0 Å². The molecule has 0 saturated carbocycles. The highest BCUT2D eigenvalue weighted by Crippen LogP contribution is 2.36. The topological polar surface area (TPSA) is 66.8 Å². The number of carboxylic acid groups (broad SMARTS) is 1. The molecule has 4 unspecified atom stereocenters. The van der Waals surface area contributed by atoms with Crippen LogP contribution in [0.25, 0.3) is 0 Å². The molecule has 1 fully saturated rings. The summed E-state index contributed by atoms with van der Waals surface area (Å²) in [5.41, 5.74) is 0. The van der Waals surface area contributed by atoms with Gasteiger partial charge in [0.2, 0.25) is 0 Å². The van der Waals surface area contributed by atoms with Crippen molar-refractivity contribution in [2.45, 2.75) is 31.0 Å². The normalized spacial score (nSPS) is 45.8. The van der Waals surface area contributed by atoms with Gasteiger partial charge in [-0.1, -0.05) is 12.7 Å². The molecule has 1 saturated heterocycles. The van der Waals surface area contributed by atoms with Crippen molar-refractivity contribution >= 4 is 21.7 Å². The van der Waals surface area contributed by atoms with Crippen molar-refractivity contribution in [2.75, 3.05) is 0 Å². The molecule has 1 aliphatic heterocycles. The molecule has 13 heavy (non-hydrogen) atoms. The van der Waals surface area contributed by atoms with Crippen LogP contribution in [0.1, 0.15) is 13.3 Å². The van der Waals surface area contributed by atoms with E-state index < -0.39 is 23.6 Å². The number of carbonyl (C=O) groups is 1. The molecule has 0 aliphatic carbocycles. The Kier molecular flexibility index (Phi) is 2.73. The van der Waals surface area contributed by atoms with E-state index in [2.05, 4.69) is 0 Å². The lowest BCUT2D eigenvalue weighted by Gasteiger charge is -2.41. The van der Waals surface area contributed by atoms with E-state index in [4.69, 9.17) is 25.5 Å². The first-order chi connectivity index (χ1) is 5.87. The van der Waals surface area contributed by atoms with Gasteiger partial charge in [-0.15, -0.1) is 0 Å². The van der Waals surface area contributed by atoms with Gasteiger partial charge in [0.1, 0.15) is 7.85 Å². The minimum absolute atomic E-state index is 0.142. The molecule has 0 aromatic heterocycles. The zero-order chi connectivity index (χ0) is 10.2. The van der Waals surface area contributed by atoms with Crippen LogP contribution in [0.15, 0.2) is 0 Å². The lowest BCUT2D eigenvalue weighted by Crippen LogP contribution is -2.52. The predicted octanol–water partition coefficient (Wildman–Crippen LogP) is -0.732. The first-order valence-electron chi connectivity index (χ1n) is 4.01. The van der Waals surface area contributed by atoms with Crippen molar-refractivity contribution in [3.8, 4) is 0 Å². The van der Waals surface area contributed by atoms with E-state index in [9.17, 15) is 9.90 Å².